The SMILES string of the molecule is CC1(CN)CCN(c2ncc(Sc3cccc(NC(=O)c4c(O)nc5n(c4=O)CCCC5)c3Cl)[nH]c2=O)CC1. The van der Waals surface area contributed by atoms with Gasteiger partial charge in [-0.05, 0) is 49.8 Å². The number of halogens is 1. The highest BCUT2D eigenvalue weighted by Crippen LogP contribution is 2.37. The van der Waals surface area contributed by atoms with Gasteiger partial charge in [-0.25, -0.2) is 4.98 Å². The summed E-state index contributed by atoms with van der Waals surface area (Å²) in [6.07, 6.45) is 5.60. The van der Waals surface area contributed by atoms with Crippen LogP contribution in [0, 0.1) is 5.41 Å². The van der Waals surface area contributed by atoms with E-state index in [1.54, 1.807) is 24.4 Å². The smallest absolute Gasteiger partial charge is 0.291 e. The number of piperidine rings is 1. The molecular weight excluding hydrogens is 542 g/mol. The number of aromatic nitrogens is 4. The highest BCUT2D eigenvalue weighted by atomic mass is 35.5. The van der Waals surface area contributed by atoms with Gasteiger partial charge in [-0.1, -0.05) is 36.4 Å². The fourth-order valence-electron chi connectivity index (χ4n) is 4.87. The standard InChI is InChI=1S/C26H30ClN7O4S/c1-26(14-28)8-11-33(12-9-26)21-24(37)32-18(13-29-21)39-16-6-4-5-15(20(16)27)30-22(35)19-23(36)31-17-7-2-3-10-34(17)25(19)38/h4-6,13,36H,2-3,7-12,14,28H2,1H3,(H,30,35)(H,32,37). The number of nitrogens with zero attached hydrogens (tertiary/aromatic N) is 4. The van der Waals surface area contributed by atoms with Gasteiger partial charge in [-0.3, -0.25) is 19.0 Å². The van der Waals surface area contributed by atoms with Gasteiger partial charge in [0.2, 0.25) is 5.88 Å². The lowest BCUT2D eigenvalue weighted by molar-refractivity contribution is 0.102. The van der Waals surface area contributed by atoms with Gasteiger partial charge in [-0.15, -0.1) is 0 Å². The lowest BCUT2D eigenvalue weighted by atomic mass is 9.80. The van der Waals surface area contributed by atoms with Gasteiger partial charge in [0.15, 0.2) is 11.4 Å². The van der Waals surface area contributed by atoms with Crippen LogP contribution in [0.2, 0.25) is 5.02 Å². The van der Waals surface area contributed by atoms with E-state index in [2.05, 4.69) is 27.2 Å². The van der Waals surface area contributed by atoms with Gasteiger partial charge >= 0.3 is 0 Å². The first-order valence-electron chi connectivity index (χ1n) is 12.8. The van der Waals surface area contributed by atoms with Crippen LogP contribution in [-0.4, -0.2) is 50.2 Å². The molecule has 3 aromatic rings. The molecule has 4 heterocycles. The molecule has 0 bridgehead atoms. The molecule has 11 nitrogen and oxygen atoms in total. The number of nitrogens with two attached hydrogens (primary N) is 1. The van der Waals surface area contributed by atoms with Crippen LogP contribution >= 0.6 is 23.4 Å². The lowest BCUT2D eigenvalue weighted by Gasteiger charge is -2.38. The first kappa shape index (κ1) is 27.2. The molecule has 13 heteroatoms. The van der Waals surface area contributed by atoms with Gasteiger partial charge in [0.1, 0.15) is 5.82 Å². The minimum atomic E-state index is -0.804. The highest BCUT2D eigenvalue weighted by Gasteiger charge is 2.30. The van der Waals surface area contributed by atoms with Crippen LogP contribution in [0.15, 0.2) is 43.9 Å². The second-order valence-corrected chi connectivity index (χ2v) is 11.7. The summed E-state index contributed by atoms with van der Waals surface area (Å²) in [4.78, 5) is 52.6. The van der Waals surface area contributed by atoms with E-state index in [-0.39, 0.29) is 21.7 Å². The monoisotopic (exact) mass is 571 g/mol. The number of H-pyrrole nitrogens is 1. The number of hydrogen-bond donors (Lipinski definition) is 4. The first-order valence-corrected chi connectivity index (χ1v) is 14.0. The van der Waals surface area contributed by atoms with E-state index in [1.165, 1.54) is 16.3 Å². The van der Waals surface area contributed by atoms with Crippen molar-refractivity contribution in [3.63, 3.8) is 0 Å². The predicted octanol–water partition coefficient (Wildman–Crippen LogP) is 2.99. The quantitative estimate of drug-likeness (QED) is 0.349. The summed E-state index contributed by atoms with van der Waals surface area (Å²) < 4.78 is 1.43. The minimum Gasteiger partial charge on any atom is -0.493 e. The van der Waals surface area contributed by atoms with Crippen LogP contribution in [0.3, 0.4) is 0 Å². The van der Waals surface area contributed by atoms with Crippen LogP contribution in [0.5, 0.6) is 5.88 Å². The van der Waals surface area contributed by atoms with Crippen LogP contribution in [0.4, 0.5) is 11.5 Å². The summed E-state index contributed by atoms with van der Waals surface area (Å²) in [6.45, 7) is 4.64. The average Bonchev–Trinajstić information content (AvgIpc) is 2.92. The predicted molar refractivity (Wildman–Crippen MR) is 150 cm³/mol. The molecule has 0 spiro atoms. The number of nitrogens with one attached hydrogen (secondary N) is 2. The summed E-state index contributed by atoms with van der Waals surface area (Å²) in [6, 6.07) is 5.00. The van der Waals surface area contributed by atoms with E-state index in [0.717, 1.165) is 25.7 Å². The molecule has 0 aliphatic carbocycles. The van der Waals surface area contributed by atoms with Crippen molar-refractivity contribution in [3.8, 4) is 5.88 Å². The third kappa shape index (κ3) is 5.54. The molecule has 1 amide bonds. The van der Waals surface area contributed by atoms with Crippen LogP contribution in [0.25, 0.3) is 0 Å². The second-order valence-electron chi connectivity index (χ2n) is 10.2. The molecule has 5 rings (SSSR count). The number of carbonyl (C=O) groups is 1. The van der Waals surface area contributed by atoms with Crippen molar-refractivity contribution in [2.75, 3.05) is 29.9 Å². The molecule has 1 aromatic carbocycles. The lowest BCUT2D eigenvalue weighted by Crippen LogP contribution is -2.44. The largest absolute Gasteiger partial charge is 0.493 e. The summed E-state index contributed by atoms with van der Waals surface area (Å²) in [5.41, 5.74) is 4.92. The Bertz CT molecular complexity index is 1530. The number of carbonyl (C=O) groups excluding carboxylic acids is 1. The van der Waals surface area contributed by atoms with Crippen LogP contribution in [-0.2, 0) is 13.0 Å². The van der Waals surface area contributed by atoms with Gasteiger partial charge in [-0.2, -0.15) is 4.98 Å². The molecule has 2 aliphatic heterocycles. The Morgan fingerprint density at radius 2 is 2.03 bits per heavy atom. The number of rotatable bonds is 6. The molecule has 2 aliphatic rings. The molecule has 1 saturated heterocycles. The number of aromatic amines is 1. The van der Waals surface area contributed by atoms with E-state index in [1.807, 2.05) is 4.90 Å². The molecule has 0 atom stereocenters. The normalized spacial score (nSPS) is 16.5. The molecule has 5 N–H and O–H groups in total. The molecule has 39 heavy (non-hydrogen) atoms. The maximum Gasteiger partial charge on any atom is 0.291 e. The number of aryl methyl sites for hydroxylation is 1. The molecule has 2 aromatic heterocycles. The van der Waals surface area contributed by atoms with E-state index >= 15 is 0 Å². The first-order chi connectivity index (χ1) is 18.7. The highest BCUT2D eigenvalue weighted by molar-refractivity contribution is 7.99. The Morgan fingerprint density at radius 3 is 2.74 bits per heavy atom. The Hall–Kier alpha value is -3.35. The average molecular weight is 572 g/mol. The third-order valence-corrected chi connectivity index (χ3v) is 8.93. The molecule has 0 unspecified atom stereocenters. The van der Waals surface area contributed by atoms with Gasteiger partial charge in [0.25, 0.3) is 17.0 Å². The fraction of sp³-hybridized carbons (Fsp3) is 0.423. The number of fused-ring (bicyclic) bond motifs is 1. The van der Waals surface area contributed by atoms with Crippen molar-refractivity contribution >= 4 is 40.8 Å². The third-order valence-electron chi connectivity index (χ3n) is 7.43. The molecule has 1 fully saturated rings. The summed E-state index contributed by atoms with van der Waals surface area (Å²) in [5.74, 6) is -0.561. The maximum atomic E-state index is 13.0. The Morgan fingerprint density at radius 1 is 1.26 bits per heavy atom. The van der Waals surface area contributed by atoms with E-state index in [4.69, 9.17) is 17.3 Å². The van der Waals surface area contributed by atoms with Crippen molar-refractivity contribution in [1.82, 2.24) is 19.5 Å². The van der Waals surface area contributed by atoms with Gasteiger partial charge < -0.3 is 26.0 Å². The van der Waals surface area contributed by atoms with Crippen LogP contribution < -0.4 is 27.1 Å². The molecule has 0 saturated carbocycles. The molecule has 0 radical (unpaired) electrons. The zero-order valence-corrected chi connectivity index (χ0v) is 23.1. The van der Waals surface area contributed by atoms with Crippen molar-refractivity contribution in [1.29, 1.82) is 0 Å². The van der Waals surface area contributed by atoms with Crippen molar-refractivity contribution < 1.29 is 9.90 Å². The van der Waals surface area contributed by atoms with Gasteiger partial charge in [0, 0.05) is 31.0 Å². The minimum absolute atomic E-state index is 0.0828. The number of aromatic hydroxyl groups is 1. The second kappa shape index (κ2) is 11.0. The Kier molecular flexibility index (Phi) is 7.70. The van der Waals surface area contributed by atoms with Crippen molar-refractivity contribution in [3.05, 3.63) is 61.5 Å². The number of anilines is 2. The zero-order chi connectivity index (χ0) is 27.7. The van der Waals surface area contributed by atoms with Crippen molar-refractivity contribution in [2.24, 2.45) is 11.1 Å². The number of amides is 1. The van der Waals surface area contributed by atoms with Gasteiger partial charge in [0.05, 0.1) is 21.9 Å². The van der Waals surface area contributed by atoms with Crippen LogP contribution in [0.1, 0.15) is 48.8 Å². The molecular formula is C26H30ClN7O4S. The zero-order valence-electron chi connectivity index (χ0n) is 21.5. The summed E-state index contributed by atoms with van der Waals surface area (Å²) in [7, 11) is 0. The Balaban J connectivity index is 1.32. The van der Waals surface area contributed by atoms with E-state index < -0.39 is 22.9 Å². The van der Waals surface area contributed by atoms with E-state index in [0.29, 0.717) is 54.2 Å². The topological polar surface area (TPSA) is 159 Å². The Labute approximate surface area is 233 Å². The van der Waals surface area contributed by atoms with Crippen molar-refractivity contribution in [2.45, 2.75) is 55.5 Å². The van der Waals surface area contributed by atoms with E-state index in [9.17, 15) is 19.5 Å². The number of hydrogen-bond acceptors (Lipinski definition) is 9. The number of benzene rings is 1. The maximum absolute atomic E-state index is 13.0. The summed E-state index contributed by atoms with van der Waals surface area (Å²) in [5, 5.41) is 13.6. The molecule has 206 valence electrons. The summed E-state index contributed by atoms with van der Waals surface area (Å²) >= 11 is 7.78. The fourth-order valence-corrected chi connectivity index (χ4v) is 5.99.